The third kappa shape index (κ3) is 2.76. The van der Waals surface area contributed by atoms with Crippen LogP contribution in [0, 0.1) is 10.6 Å². The minimum absolute atomic E-state index is 0.152. The number of primary amides is 1. The van der Waals surface area contributed by atoms with E-state index in [1.807, 2.05) is 29.5 Å². The fraction of sp³-hybridized carbons (Fsp3) is 0.0625. The van der Waals surface area contributed by atoms with Crippen molar-refractivity contribution in [1.82, 2.24) is 3.97 Å². The van der Waals surface area contributed by atoms with Gasteiger partial charge < -0.3 is 5.73 Å². The lowest BCUT2D eigenvalue weighted by Crippen LogP contribution is -2.18. The lowest BCUT2D eigenvalue weighted by atomic mass is 10.1. The van der Waals surface area contributed by atoms with Gasteiger partial charge in [-0.15, -0.1) is 0 Å². The van der Waals surface area contributed by atoms with E-state index in [1.165, 1.54) is 10.0 Å². The molecule has 124 valence electrons. The van der Waals surface area contributed by atoms with Crippen LogP contribution in [0.15, 0.2) is 51.8 Å². The minimum Gasteiger partial charge on any atom is -0.366 e. The summed E-state index contributed by atoms with van der Waals surface area (Å²) >= 11 is 5.34. The molecule has 1 amide bonds. The van der Waals surface area contributed by atoms with Crippen LogP contribution in [-0.2, 0) is 10.0 Å². The van der Waals surface area contributed by atoms with Gasteiger partial charge in [-0.2, -0.15) is 0 Å². The number of fused-ring (bicyclic) bond motifs is 1. The molecule has 1 heterocycles. The van der Waals surface area contributed by atoms with Crippen LogP contribution in [0.1, 0.15) is 15.9 Å². The number of benzene rings is 2. The standard InChI is InChI=1S/C16H12BrIN2O3S/c1-9-2-4-10(5-3-9)24(22,23)20-14(18)8-12-13(17)7-6-11(15(12)20)16(19)21/h2-8H,1H3,(H2,19,21). The molecule has 3 rings (SSSR count). The number of carbonyl (C=O) groups is 1. The summed E-state index contributed by atoms with van der Waals surface area (Å²) in [7, 11) is -3.86. The number of hydrogen-bond donors (Lipinski definition) is 1. The van der Waals surface area contributed by atoms with Crippen molar-refractivity contribution in [2.24, 2.45) is 5.73 Å². The van der Waals surface area contributed by atoms with Gasteiger partial charge in [-0.05, 0) is 59.8 Å². The molecule has 2 N–H and O–H groups in total. The molecule has 24 heavy (non-hydrogen) atoms. The summed E-state index contributed by atoms with van der Waals surface area (Å²) in [6, 6.07) is 11.5. The number of carbonyl (C=O) groups excluding carboxylic acids is 1. The van der Waals surface area contributed by atoms with Crippen molar-refractivity contribution in [3.63, 3.8) is 0 Å². The minimum atomic E-state index is -3.86. The number of nitrogens with two attached hydrogens (primary N) is 1. The van der Waals surface area contributed by atoms with E-state index in [0.717, 1.165) is 5.56 Å². The lowest BCUT2D eigenvalue weighted by Gasteiger charge is -2.11. The van der Waals surface area contributed by atoms with E-state index < -0.39 is 15.9 Å². The van der Waals surface area contributed by atoms with Gasteiger partial charge in [0.1, 0.15) is 0 Å². The summed E-state index contributed by atoms with van der Waals surface area (Å²) in [5, 5.41) is 0.617. The van der Waals surface area contributed by atoms with Crippen LogP contribution >= 0.6 is 38.5 Å². The zero-order chi connectivity index (χ0) is 17.6. The Morgan fingerprint density at radius 3 is 2.38 bits per heavy atom. The summed E-state index contributed by atoms with van der Waals surface area (Å²) in [4.78, 5) is 11.9. The molecule has 0 saturated heterocycles. The van der Waals surface area contributed by atoms with Crippen LogP contribution in [0.3, 0.4) is 0 Å². The molecule has 0 aliphatic carbocycles. The molecule has 0 radical (unpaired) electrons. The van der Waals surface area contributed by atoms with Crippen molar-refractivity contribution in [2.45, 2.75) is 11.8 Å². The van der Waals surface area contributed by atoms with Crippen molar-refractivity contribution in [3.8, 4) is 0 Å². The Hall–Kier alpha value is -1.39. The predicted octanol–water partition coefficient (Wildman–Crippen LogP) is 3.65. The van der Waals surface area contributed by atoms with Crippen molar-refractivity contribution < 1.29 is 13.2 Å². The number of nitrogens with zero attached hydrogens (tertiary/aromatic N) is 1. The number of aromatic nitrogens is 1. The largest absolute Gasteiger partial charge is 0.366 e. The molecule has 0 spiro atoms. The predicted molar refractivity (Wildman–Crippen MR) is 105 cm³/mol. The highest BCUT2D eigenvalue weighted by Crippen LogP contribution is 2.33. The summed E-state index contributed by atoms with van der Waals surface area (Å²) < 4.78 is 28.6. The number of amides is 1. The highest BCUT2D eigenvalue weighted by molar-refractivity contribution is 14.1. The Labute approximate surface area is 161 Å². The van der Waals surface area contributed by atoms with Crippen molar-refractivity contribution in [2.75, 3.05) is 0 Å². The summed E-state index contributed by atoms with van der Waals surface area (Å²) in [5.74, 6) is -0.678. The van der Waals surface area contributed by atoms with Crippen molar-refractivity contribution in [1.29, 1.82) is 0 Å². The van der Waals surface area contributed by atoms with Gasteiger partial charge in [0.25, 0.3) is 15.9 Å². The fourth-order valence-corrected chi connectivity index (χ4v) is 5.65. The molecule has 0 bridgehead atoms. The van der Waals surface area contributed by atoms with E-state index in [4.69, 9.17) is 5.73 Å². The van der Waals surface area contributed by atoms with Crippen LogP contribution in [0.4, 0.5) is 0 Å². The molecule has 2 aromatic carbocycles. The lowest BCUT2D eigenvalue weighted by molar-refractivity contribution is 0.100. The fourth-order valence-electron chi connectivity index (χ4n) is 2.47. The monoisotopic (exact) mass is 518 g/mol. The maximum absolute atomic E-state index is 13.1. The number of rotatable bonds is 3. The molecule has 1 aromatic heterocycles. The zero-order valence-corrected chi connectivity index (χ0v) is 17.0. The number of aryl methyl sites for hydroxylation is 1. The average molecular weight is 519 g/mol. The third-order valence-electron chi connectivity index (χ3n) is 3.65. The first-order valence-corrected chi connectivity index (χ1v) is 10.2. The van der Waals surface area contributed by atoms with E-state index in [0.29, 0.717) is 13.6 Å². The van der Waals surface area contributed by atoms with Gasteiger partial charge in [-0.1, -0.05) is 33.6 Å². The maximum atomic E-state index is 13.1. The first-order chi connectivity index (χ1) is 11.2. The summed E-state index contributed by atoms with van der Waals surface area (Å²) in [6.07, 6.45) is 0. The van der Waals surface area contributed by atoms with Gasteiger partial charge in [0, 0.05) is 9.86 Å². The molecule has 3 aromatic rings. The molecule has 5 nitrogen and oxygen atoms in total. The van der Waals surface area contributed by atoms with Crippen molar-refractivity contribution >= 4 is 65.4 Å². The molecule has 0 aliphatic rings. The SMILES string of the molecule is Cc1ccc(S(=O)(=O)n2c(I)cc3c(Br)ccc(C(N)=O)c32)cc1. The second-order valence-electron chi connectivity index (χ2n) is 5.27. The van der Waals surface area contributed by atoms with Crippen molar-refractivity contribution in [3.05, 3.63) is 61.8 Å². The highest BCUT2D eigenvalue weighted by atomic mass is 127. The first kappa shape index (κ1) is 17.4. The van der Waals surface area contributed by atoms with E-state index in [2.05, 4.69) is 15.9 Å². The molecular weight excluding hydrogens is 507 g/mol. The van der Waals surface area contributed by atoms with Gasteiger partial charge in [-0.25, -0.2) is 12.4 Å². The van der Waals surface area contributed by atoms with Crippen LogP contribution in [0.25, 0.3) is 10.9 Å². The summed E-state index contributed by atoms with van der Waals surface area (Å²) in [6.45, 7) is 1.88. The summed E-state index contributed by atoms with van der Waals surface area (Å²) in [5.41, 5.74) is 6.84. The van der Waals surface area contributed by atoms with E-state index in [9.17, 15) is 13.2 Å². The van der Waals surface area contributed by atoms with E-state index >= 15 is 0 Å². The van der Waals surface area contributed by atoms with Gasteiger partial charge in [-0.3, -0.25) is 4.79 Å². The molecule has 0 fully saturated rings. The smallest absolute Gasteiger partial charge is 0.269 e. The third-order valence-corrected chi connectivity index (χ3v) is 7.19. The Kier molecular flexibility index (Phi) is 4.47. The zero-order valence-electron chi connectivity index (χ0n) is 12.5. The Morgan fingerprint density at radius 2 is 1.79 bits per heavy atom. The second-order valence-corrected chi connectivity index (χ2v) is 9.02. The Balaban J connectivity index is 2.41. The quantitative estimate of drug-likeness (QED) is 0.537. The number of halogens is 2. The molecule has 0 atom stereocenters. The molecule has 0 aliphatic heterocycles. The Bertz CT molecular complexity index is 1070. The maximum Gasteiger partial charge on any atom is 0.269 e. The van der Waals surface area contributed by atoms with Gasteiger partial charge >= 0.3 is 0 Å². The Morgan fingerprint density at radius 1 is 1.17 bits per heavy atom. The van der Waals surface area contributed by atoms with Crippen LogP contribution in [0.2, 0.25) is 0 Å². The van der Waals surface area contributed by atoms with Crippen LogP contribution < -0.4 is 5.73 Å². The molecular formula is C16H12BrIN2O3S. The average Bonchev–Trinajstić information content (AvgIpc) is 2.86. The number of hydrogen-bond acceptors (Lipinski definition) is 3. The normalized spacial score (nSPS) is 11.8. The molecule has 0 saturated carbocycles. The second kappa shape index (κ2) is 6.16. The van der Waals surface area contributed by atoms with E-state index in [-0.39, 0.29) is 16.0 Å². The van der Waals surface area contributed by atoms with E-state index in [1.54, 1.807) is 36.4 Å². The topological polar surface area (TPSA) is 82.2 Å². The van der Waals surface area contributed by atoms with Crippen LogP contribution in [0.5, 0.6) is 0 Å². The van der Waals surface area contributed by atoms with Gasteiger partial charge in [0.2, 0.25) is 0 Å². The highest BCUT2D eigenvalue weighted by Gasteiger charge is 2.25. The molecule has 8 heteroatoms. The first-order valence-electron chi connectivity index (χ1n) is 6.85. The van der Waals surface area contributed by atoms with Gasteiger partial charge in [0.15, 0.2) is 0 Å². The molecule has 0 unspecified atom stereocenters. The van der Waals surface area contributed by atoms with Gasteiger partial charge in [0.05, 0.1) is 19.7 Å². The van der Waals surface area contributed by atoms with Crippen LogP contribution in [-0.4, -0.2) is 18.3 Å².